The Morgan fingerprint density at radius 3 is 2.55 bits per heavy atom. The first kappa shape index (κ1) is 20.7. The number of non-ortho nitro benzene ring substituents is 1. The van der Waals surface area contributed by atoms with Gasteiger partial charge in [0.25, 0.3) is 5.69 Å². The van der Waals surface area contributed by atoms with Crippen LogP contribution in [0, 0.1) is 10.1 Å². The van der Waals surface area contributed by atoms with E-state index in [1.54, 1.807) is 18.2 Å². The lowest BCUT2D eigenvalue weighted by atomic mass is 10.1. The van der Waals surface area contributed by atoms with Gasteiger partial charge in [-0.25, -0.2) is 4.79 Å². The maximum Gasteiger partial charge on any atom is 0.343 e. The molecule has 2 aromatic carbocycles. The predicted octanol–water partition coefficient (Wildman–Crippen LogP) is 4.37. The number of thiocarbonyl (C=S) groups is 1. The second kappa shape index (κ2) is 9.47. The van der Waals surface area contributed by atoms with Crippen LogP contribution < -0.4 is 9.47 Å². The first-order chi connectivity index (χ1) is 14.0. The molecule has 0 spiro atoms. The molecule has 2 aromatic rings. The molecule has 7 nitrogen and oxygen atoms in total. The Bertz CT molecular complexity index is 925. The van der Waals surface area contributed by atoms with Crippen LogP contribution in [0.15, 0.2) is 42.5 Å². The molecular weight excluding hydrogens is 392 g/mol. The quantitative estimate of drug-likeness (QED) is 0.228. The van der Waals surface area contributed by atoms with E-state index >= 15 is 0 Å². The van der Waals surface area contributed by atoms with E-state index in [1.165, 1.54) is 30.7 Å². The Hall–Kier alpha value is -3.00. The molecule has 0 bridgehead atoms. The molecule has 1 heterocycles. The summed E-state index contributed by atoms with van der Waals surface area (Å²) in [5, 5.41) is 10.9. The number of carbonyl (C=O) groups excluding carboxylic acids is 1. The van der Waals surface area contributed by atoms with Crippen LogP contribution in [0.5, 0.6) is 11.5 Å². The number of nitrogens with zero attached hydrogens (tertiary/aromatic N) is 2. The molecule has 29 heavy (non-hydrogen) atoms. The third-order valence-corrected chi connectivity index (χ3v) is 5.12. The lowest BCUT2D eigenvalue weighted by molar-refractivity contribution is -0.384. The number of nitro benzene ring substituents is 1. The van der Waals surface area contributed by atoms with Gasteiger partial charge < -0.3 is 14.4 Å². The van der Waals surface area contributed by atoms with Crippen molar-refractivity contribution in [3.63, 3.8) is 0 Å². The Labute approximate surface area is 174 Å². The SMILES string of the molecule is CCOc1cc(C(=S)N2CCCCC2)ccc1OC(=O)c1cccc([N+](=O)[O-])c1. The fraction of sp³-hybridized carbons (Fsp3) is 0.333. The number of ether oxygens (including phenoxy) is 2. The van der Waals surface area contributed by atoms with Crippen molar-refractivity contribution in [3.05, 3.63) is 63.7 Å². The van der Waals surface area contributed by atoms with E-state index < -0.39 is 10.9 Å². The van der Waals surface area contributed by atoms with E-state index in [0.29, 0.717) is 12.4 Å². The van der Waals surface area contributed by atoms with Gasteiger partial charge in [0.15, 0.2) is 11.5 Å². The van der Waals surface area contributed by atoms with E-state index in [9.17, 15) is 14.9 Å². The van der Waals surface area contributed by atoms with E-state index in [2.05, 4.69) is 4.90 Å². The Morgan fingerprint density at radius 2 is 1.86 bits per heavy atom. The fourth-order valence-electron chi connectivity index (χ4n) is 3.18. The number of benzene rings is 2. The molecule has 0 aliphatic carbocycles. The van der Waals surface area contributed by atoms with Gasteiger partial charge in [-0.1, -0.05) is 18.3 Å². The molecule has 1 fully saturated rings. The van der Waals surface area contributed by atoms with Gasteiger partial charge >= 0.3 is 5.97 Å². The van der Waals surface area contributed by atoms with Crippen LogP contribution in [0.4, 0.5) is 5.69 Å². The highest BCUT2D eigenvalue weighted by Gasteiger charge is 2.19. The van der Waals surface area contributed by atoms with Gasteiger partial charge in [-0.05, 0) is 50.5 Å². The molecule has 1 aliphatic heterocycles. The zero-order chi connectivity index (χ0) is 20.8. The molecule has 0 saturated carbocycles. The molecule has 0 aromatic heterocycles. The zero-order valence-electron chi connectivity index (χ0n) is 16.1. The number of carbonyl (C=O) groups is 1. The van der Waals surface area contributed by atoms with Crippen molar-refractivity contribution >= 4 is 28.9 Å². The van der Waals surface area contributed by atoms with Crippen molar-refractivity contribution in [1.29, 1.82) is 0 Å². The molecule has 8 heteroatoms. The maximum absolute atomic E-state index is 12.5. The average Bonchev–Trinajstić information content (AvgIpc) is 2.75. The topological polar surface area (TPSA) is 81.9 Å². The second-order valence-corrected chi connectivity index (χ2v) is 7.03. The third kappa shape index (κ3) is 5.08. The van der Waals surface area contributed by atoms with Gasteiger partial charge in [-0.3, -0.25) is 10.1 Å². The molecule has 0 atom stereocenters. The fourth-order valence-corrected chi connectivity index (χ4v) is 3.49. The second-order valence-electron chi connectivity index (χ2n) is 6.64. The minimum atomic E-state index is -0.694. The van der Waals surface area contributed by atoms with Gasteiger partial charge in [0.05, 0.1) is 17.1 Å². The number of hydrogen-bond acceptors (Lipinski definition) is 6. The molecule has 3 rings (SSSR count). The Morgan fingerprint density at radius 1 is 1.10 bits per heavy atom. The number of hydrogen-bond donors (Lipinski definition) is 0. The minimum Gasteiger partial charge on any atom is -0.490 e. The zero-order valence-corrected chi connectivity index (χ0v) is 16.9. The number of likely N-dealkylation sites (tertiary alicyclic amines) is 1. The summed E-state index contributed by atoms with van der Waals surface area (Å²) in [6.45, 7) is 4.10. The summed E-state index contributed by atoms with van der Waals surface area (Å²) in [4.78, 5) is 25.8. The summed E-state index contributed by atoms with van der Waals surface area (Å²) in [5.41, 5.74) is 0.752. The maximum atomic E-state index is 12.5. The smallest absolute Gasteiger partial charge is 0.343 e. The first-order valence-corrected chi connectivity index (χ1v) is 9.93. The molecule has 0 radical (unpaired) electrons. The van der Waals surface area contributed by atoms with Crippen molar-refractivity contribution in [2.24, 2.45) is 0 Å². The van der Waals surface area contributed by atoms with Crippen LogP contribution in [0.1, 0.15) is 42.1 Å². The van der Waals surface area contributed by atoms with Crippen molar-refractivity contribution in [2.45, 2.75) is 26.2 Å². The largest absolute Gasteiger partial charge is 0.490 e. The van der Waals surface area contributed by atoms with Crippen LogP contribution in [-0.2, 0) is 0 Å². The standard InChI is InChI=1S/C21H22N2O5S/c1-2-27-19-14-15(20(29)22-11-4-3-5-12-22)9-10-18(19)28-21(24)16-7-6-8-17(13-16)23(25)26/h6-10,13-14H,2-5,11-12H2,1H3. The van der Waals surface area contributed by atoms with Gasteiger partial charge in [0.2, 0.25) is 0 Å². The molecule has 1 saturated heterocycles. The van der Waals surface area contributed by atoms with Crippen molar-refractivity contribution in [3.8, 4) is 11.5 Å². The third-order valence-electron chi connectivity index (χ3n) is 4.63. The summed E-state index contributed by atoms with van der Waals surface area (Å²) in [6, 6.07) is 10.6. The van der Waals surface area contributed by atoms with E-state index in [-0.39, 0.29) is 17.0 Å². The van der Waals surface area contributed by atoms with Gasteiger partial charge in [-0.2, -0.15) is 0 Å². The Balaban J connectivity index is 1.81. The number of rotatable bonds is 6. The lowest BCUT2D eigenvalue weighted by Gasteiger charge is -2.29. The van der Waals surface area contributed by atoms with Crippen LogP contribution in [-0.4, -0.2) is 40.5 Å². The molecular formula is C21H22N2O5S. The molecule has 1 aliphatic rings. The van der Waals surface area contributed by atoms with Crippen LogP contribution in [0.2, 0.25) is 0 Å². The molecule has 152 valence electrons. The molecule has 0 unspecified atom stereocenters. The minimum absolute atomic E-state index is 0.0922. The first-order valence-electron chi connectivity index (χ1n) is 9.52. The molecule has 0 N–H and O–H groups in total. The number of piperidine rings is 1. The summed E-state index contributed by atoms with van der Waals surface area (Å²) >= 11 is 5.63. The van der Waals surface area contributed by atoms with Crippen molar-refractivity contribution in [1.82, 2.24) is 4.90 Å². The lowest BCUT2D eigenvalue weighted by Crippen LogP contribution is -2.34. The molecule has 0 amide bonds. The van der Waals surface area contributed by atoms with E-state index in [1.807, 2.05) is 6.92 Å². The summed E-state index contributed by atoms with van der Waals surface area (Å²) in [5.74, 6) is -0.0438. The van der Waals surface area contributed by atoms with E-state index in [4.69, 9.17) is 21.7 Å². The normalized spacial score (nSPS) is 13.6. The highest BCUT2D eigenvalue weighted by Crippen LogP contribution is 2.30. The van der Waals surface area contributed by atoms with Gasteiger partial charge in [0.1, 0.15) is 4.99 Å². The van der Waals surface area contributed by atoms with Crippen LogP contribution in [0.25, 0.3) is 0 Å². The highest BCUT2D eigenvalue weighted by molar-refractivity contribution is 7.80. The van der Waals surface area contributed by atoms with Crippen LogP contribution in [0.3, 0.4) is 0 Å². The Kier molecular flexibility index (Phi) is 6.77. The average molecular weight is 414 g/mol. The number of esters is 1. The van der Waals surface area contributed by atoms with Crippen molar-refractivity contribution in [2.75, 3.05) is 19.7 Å². The number of nitro groups is 1. The van der Waals surface area contributed by atoms with Gasteiger partial charge in [-0.15, -0.1) is 0 Å². The predicted molar refractivity (Wildman–Crippen MR) is 113 cm³/mol. The highest BCUT2D eigenvalue weighted by atomic mass is 32.1. The van der Waals surface area contributed by atoms with Gasteiger partial charge in [0, 0.05) is 30.8 Å². The van der Waals surface area contributed by atoms with Crippen LogP contribution >= 0.6 is 12.2 Å². The van der Waals surface area contributed by atoms with E-state index in [0.717, 1.165) is 36.5 Å². The summed E-state index contributed by atoms with van der Waals surface area (Å²) < 4.78 is 11.1. The van der Waals surface area contributed by atoms with Crippen molar-refractivity contribution < 1.29 is 19.2 Å². The summed E-state index contributed by atoms with van der Waals surface area (Å²) in [7, 11) is 0. The summed E-state index contributed by atoms with van der Waals surface area (Å²) in [6.07, 6.45) is 3.46. The monoisotopic (exact) mass is 414 g/mol.